The minimum Gasteiger partial charge on any atom is -0.394 e. The van der Waals surface area contributed by atoms with Gasteiger partial charge in [-0.1, -0.05) is 13.8 Å². The van der Waals surface area contributed by atoms with Crippen LogP contribution in [0.15, 0.2) is 0 Å². The van der Waals surface area contributed by atoms with Crippen LogP contribution in [-0.2, 0) is 4.74 Å². The molecule has 0 aliphatic heterocycles. The maximum Gasteiger partial charge on any atom is 0.0613 e. The molecule has 0 aromatic rings. The molecular formula is C11H23NO2. The summed E-state index contributed by atoms with van der Waals surface area (Å²) in [6.45, 7) is 6.30. The number of ether oxygens (including phenoxy) is 1. The van der Waals surface area contributed by atoms with Crippen molar-refractivity contribution < 1.29 is 9.84 Å². The molecule has 0 aromatic heterocycles. The summed E-state index contributed by atoms with van der Waals surface area (Å²) in [6, 6.07) is 0. The third-order valence-corrected chi connectivity index (χ3v) is 3.36. The molecule has 3 heteroatoms. The summed E-state index contributed by atoms with van der Waals surface area (Å²) in [4.78, 5) is 0. The molecule has 0 spiro atoms. The topological polar surface area (TPSA) is 41.5 Å². The van der Waals surface area contributed by atoms with Gasteiger partial charge in [0.05, 0.1) is 13.2 Å². The first-order valence-corrected chi connectivity index (χ1v) is 5.48. The summed E-state index contributed by atoms with van der Waals surface area (Å²) < 4.78 is 4.98. The van der Waals surface area contributed by atoms with E-state index < -0.39 is 0 Å². The Morgan fingerprint density at radius 3 is 2.57 bits per heavy atom. The lowest BCUT2D eigenvalue weighted by atomic mass is 9.64. The second-order valence-corrected chi connectivity index (χ2v) is 4.77. The van der Waals surface area contributed by atoms with Gasteiger partial charge in [-0.15, -0.1) is 0 Å². The number of aliphatic hydroxyl groups is 1. The van der Waals surface area contributed by atoms with Crippen LogP contribution >= 0.6 is 0 Å². The van der Waals surface area contributed by atoms with E-state index in [0.717, 1.165) is 31.2 Å². The van der Waals surface area contributed by atoms with Crippen molar-refractivity contribution in [2.75, 3.05) is 26.9 Å². The number of methoxy groups -OCH3 is 1. The molecule has 1 fully saturated rings. The van der Waals surface area contributed by atoms with Gasteiger partial charge >= 0.3 is 0 Å². The maximum absolute atomic E-state index is 9.33. The molecule has 1 rings (SSSR count). The highest BCUT2D eigenvalue weighted by Crippen LogP contribution is 2.41. The Morgan fingerprint density at radius 2 is 2.14 bits per heavy atom. The van der Waals surface area contributed by atoms with E-state index in [1.807, 2.05) is 0 Å². The predicted octanol–water partition coefficient (Wildman–Crippen LogP) is 1.02. The molecule has 2 N–H and O–H groups in total. The first-order chi connectivity index (χ1) is 6.63. The van der Waals surface area contributed by atoms with Gasteiger partial charge in [0.25, 0.3) is 0 Å². The fourth-order valence-corrected chi connectivity index (χ4v) is 2.16. The van der Waals surface area contributed by atoms with Gasteiger partial charge in [0, 0.05) is 19.2 Å². The van der Waals surface area contributed by atoms with Crippen LogP contribution in [0, 0.1) is 11.8 Å². The molecule has 84 valence electrons. The van der Waals surface area contributed by atoms with Gasteiger partial charge in [-0.05, 0) is 24.7 Å². The van der Waals surface area contributed by atoms with Crippen molar-refractivity contribution in [1.82, 2.24) is 5.32 Å². The van der Waals surface area contributed by atoms with Crippen LogP contribution < -0.4 is 5.32 Å². The summed E-state index contributed by atoms with van der Waals surface area (Å²) in [7, 11) is 1.70. The molecular weight excluding hydrogens is 178 g/mol. The molecule has 0 atom stereocenters. The monoisotopic (exact) mass is 201 g/mol. The Morgan fingerprint density at radius 1 is 1.50 bits per heavy atom. The summed E-state index contributed by atoms with van der Waals surface area (Å²) in [6.07, 6.45) is 2.20. The zero-order chi connectivity index (χ0) is 10.6. The zero-order valence-corrected chi connectivity index (χ0v) is 9.55. The lowest BCUT2D eigenvalue weighted by molar-refractivity contribution is 0.0145. The fourth-order valence-electron chi connectivity index (χ4n) is 2.16. The molecule has 1 aliphatic carbocycles. The average molecular weight is 201 g/mol. The van der Waals surface area contributed by atoms with E-state index in [-0.39, 0.29) is 12.1 Å². The molecule has 0 radical (unpaired) electrons. The number of hydrogen-bond donors (Lipinski definition) is 2. The van der Waals surface area contributed by atoms with Crippen molar-refractivity contribution in [3.05, 3.63) is 0 Å². The largest absolute Gasteiger partial charge is 0.394 e. The maximum atomic E-state index is 9.33. The van der Waals surface area contributed by atoms with Gasteiger partial charge in [-0.25, -0.2) is 0 Å². The second kappa shape index (κ2) is 5.10. The van der Waals surface area contributed by atoms with Crippen LogP contribution in [0.4, 0.5) is 0 Å². The van der Waals surface area contributed by atoms with E-state index in [4.69, 9.17) is 4.74 Å². The van der Waals surface area contributed by atoms with Crippen LogP contribution in [0.25, 0.3) is 0 Å². The Hall–Kier alpha value is -0.120. The molecule has 0 saturated heterocycles. The van der Waals surface area contributed by atoms with E-state index in [1.165, 1.54) is 0 Å². The van der Waals surface area contributed by atoms with Gasteiger partial charge in [0.15, 0.2) is 0 Å². The summed E-state index contributed by atoms with van der Waals surface area (Å²) in [5.41, 5.74) is -0.00648. The highest BCUT2D eigenvalue weighted by Gasteiger charge is 2.44. The van der Waals surface area contributed by atoms with Crippen LogP contribution in [-0.4, -0.2) is 37.5 Å². The molecule has 0 amide bonds. The second-order valence-electron chi connectivity index (χ2n) is 4.77. The number of hydrogen-bond acceptors (Lipinski definition) is 3. The number of rotatable bonds is 6. The highest BCUT2D eigenvalue weighted by molar-refractivity contribution is 5.01. The van der Waals surface area contributed by atoms with Gasteiger partial charge in [-0.3, -0.25) is 0 Å². The van der Waals surface area contributed by atoms with Crippen molar-refractivity contribution in [2.24, 2.45) is 11.8 Å². The molecule has 0 bridgehead atoms. The third-order valence-electron chi connectivity index (χ3n) is 3.36. The van der Waals surface area contributed by atoms with Gasteiger partial charge in [0.1, 0.15) is 0 Å². The highest BCUT2D eigenvalue weighted by atomic mass is 16.5. The molecule has 0 aromatic carbocycles. The standard InChI is InChI=1S/C11H23NO2/c1-9(2)10-6-11(7-10,8-13)12-4-5-14-3/h9-10,12-13H,4-8H2,1-3H3. The first kappa shape index (κ1) is 12.0. The molecule has 0 heterocycles. The third kappa shape index (κ3) is 2.69. The summed E-state index contributed by atoms with van der Waals surface area (Å²) in [5, 5.41) is 12.7. The predicted molar refractivity (Wildman–Crippen MR) is 57.3 cm³/mol. The van der Waals surface area contributed by atoms with Crippen LogP contribution in [0.2, 0.25) is 0 Å². The average Bonchev–Trinajstić information content (AvgIpc) is 2.09. The van der Waals surface area contributed by atoms with E-state index >= 15 is 0 Å². The molecule has 3 nitrogen and oxygen atoms in total. The van der Waals surface area contributed by atoms with Gasteiger partial charge < -0.3 is 15.2 Å². The van der Waals surface area contributed by atoms with Crippen LogP contribution in [0.3, 0.4) is 0 Å². The lowest BCUT2D eigenvalue weighted by Crippen LogP contribution is -2.59. The summed E-state index contributed by atoms with van der Waals surface area (Å²) >= 11 is 0. The SMILES string of the molecule is COCCNC1(CO)CC(C(C)C)C1. The minimum atomic E-state index is -0.00648. The Labute approximate surface area is 86.8 Å². The van der Waals surface area contributed by atoms with Gasteiger partial charge in [-0.2, -0.15) is 0 Å². The van der Waals surface area contributed by atoms with E-state index in [2.05, 4.69) is 19.2 Å². The van der Waals surface area contributed by atoms with Crippen molar-refractivity contribution in [3.63, 3.8) is 0 Å². The quantitative estimate of drug-likeness (QED) is 0.630. The molecule has 1 saturated carbocycles. The lowest BCUT2D eigenvalue weighted by Gasteiger charge is -2.49. The van der Waals surface area contributed by atoms with E-state index in [1.54, 1.807) is 7.11 Å². The Bertz CT molecular complexity index is 165. The Balaban J connectivity index is 2.26. The zero-order valence-electron chi connectivity index (χ0n) is 9.55. The van der Waals surface area contributed by atoms with E-state index in [0.29, 0.717) is 6.61 Å². The van der Waals surface area contributed by atoms with Crippen LogP contribution in [0.5, 0.6) is 0 Å². The van der Waals surface area contributed by atoms with Crippen molar-refractivity contribution in [2.45, 2.75) is 32.2 Å². The minimum absolute atomic E-state index is 0.00648. The van der Waals surface area contributed by atoms with Crippen molar-refractivity contribution in [1.29, 1.82) is 0 Å². The van der Waals surface area contributed by atoms with Crippen LogP contribution in [0.1, 0.15) is 26.7 Å². The number of nitrogens with one attached hydrogen (secondary N) is 1. The number of aliphatic hydroxyl groups excluding tert-OH is 1. The normalized spacial score (nSPS) is 31.9. The van der Waals surface area contributed by atoms with Gasteiger partial charge in [0.2, 0.25) is 0 Å². The van der Waals surface area contributed by atoms with Crippen molar-refractivity contribution >= 4 is 0 Å². The van der Waals surface area contributed by atoms with Crippen molar-refractivity contribution in [3.8, 4) is 0 Å². The molecule has 1 aliphatic rings. The molecule has 14 heavy (non-hydrogen) atoms. The summed E-state index contributed by atoms with van der Waals surface area (Å²) in [5.74, 6) is 1.51. The molecule has 0 unspecified atom stereocenters. The smallest absolute Gasteiger partial charge is 0.0613 e. The van der Waals surface area contributed by atoms with E-state index in [9.17, 15) is 5.11 Å². The fraction of sp³-hybridized carbons (Fsp3) is 1.00. The Kier molecular flexibility index (Phi) is 4.35. The first-order valence-electron chi connectivity index (χ1n) is 5.48.